The van der Waals surface area contributed by atoms with Gasteiger partial charge < -0.3 is 20.8 Å². The molecule has 4 N–H and O–H groups in total. The molecule has 16 heavy (non-hydrogen) atoms. The molecule has 0 aromatic carbocycles. The Bertz CT molecular complexity index is 428. The number of aromatic nitrogens is 2. The molecule has 1 aromatic rings. The highest BCUT2D eigenvalue weighted by molar-refractivity contribution is 5.82. The van der Waals surface area contributed by atoms with Gasteiger partial charge in [0, 0.05) is 31.9 Å². The third-order valence-corrected chi connectivity index (χ3v) is 2.22. The fourth-order valence-electron chi connectivity index (χ4n) is 1.31. The second-order valence-corrected chi connectivity index (χ2v) is 3.55. The molecule has 0 saturated heterocycles. The third-order valence-electron chi connectivity index (χ3n) is 2.22. The summed E-state index contributed by atoms with van der Waals surface area (Å²) in [7, 11) is 1.72. The first-order valence-corrected chi connectivity index (χ1v) is 4.78. The zero-order valence-electron chi connectivity index (χ0n) is 9.21. The Morgan fingerprint density at radius 1 is 1.81 bits per heavy atom. The van der Waals surface area contributed by atoms with Crippen LogP contribution >= 0.6 is 0 Å². The molecule has 0 aliphatic rings. The quantitative estimate of drug-likeness (QED) is 0.279. The van der Waals surface area contributed by atoms with Gasteiger partial charge in [0.25, 0.3) is 5.56 Å². The van der Waals surface area contributed by atoms with E-state index in [0.717, 1.165) is 0 Å². The normalized spacial score (nSPS) is 13.5. The van der Waals surface area contributed by atoms with Crippen LogP contribution in [0.25, 0.3) is 0 Å². The largest absolute Gasteiger partial charge is 0.409 e. The number of nitrogens with two attached hydrogens (primary N) is 1. The number of nitrogens with zero attached hydrogens (tertiary/aromatic N) is 3. The van der Waals surface area contributed by atoms with E-state index in [0.29, 0.717) is 12.4 Å². The maximum atomic E-state index is 11.4. The van der Waals surface area contributed by atoms with Crippen LogP contribution in [-0.2, 0) is 0 Å². The van der Waals surface area contributed by atoms with Gasteiger partial charge in [0.05, 0.1) is 0 Å². The first kappa shape index (κ1) is 12.0. The zero-order chi connectivity index (χ0) is 12.1. The minimum Gasteiger partial charge on any atom is -0.409 e. The van der Waals surface area contributed by atoms with Gasteiger partial charge in [-0.15, -0.1) is 0 Å². The highest BCUT2D eigenvalue weighted by Crippen LogP contribution is 2.04. The summed E-state index contributed by atoms with van der Waals surface area (Å²) < 4.78 is 0. The minimum absolute atomic E-state index is 0.124. The number of hydrogen-bond donors (Lipinski definition) is 3. The number of oxime groups is 1. The number of aromatic amines is 1. The van der Waals surface area contributed by atoms with E-state index in [1.54, 1.807) is 18.9 Å². The van der Waals surface area contributed by atoms with E-state index in [1.807, 2.05) is 0 Å². The van der Waals surface area contributed by atoms with E-state index >= 15 is 0 Å². The van der Waals surface area contributed by atoms with Gasteiger partial charge >= 0.3 is 0 Å². The van der Waals surface area contributed by atoms with Crippen molar-refractivity contribution >= 4 is 11.7 Å². The molecule has 88 valence electrons. The second kappa shape index (κ2) is 5.15. The highest BCUT2D eigenvalue weighted by atomic mass is 16.4. The summed E-state index contributed by atoms with van der Waals surface area (Å²) in [5.74, 6) is 0.260. The molecule has 0 spiro atoms. The molecule has 0 saturated carbocycles. The van der Waals surface area contributed by atoms with Gasteiger partial charge in [-0.05, 0) is 0 Å². The molecule has 0 aliphatic carbocycles. The molecule has 0 radical (unpaired) electrons. The second-order valence-electron chi connectivity index (χ2n) is 3.55. The Morgan fingerprint density at radius 3 is 3.06 bits per heavy atom. The summed E-state index contributed by atoms with van der Waals surface area (Å²) in [6.07, 6.45) is 2.97. The van der Waals surface area contributed by atoms with Crippen molar-refractivity contribution in [1.29, 1.82) is 0 Å². The smallest absolute Gasteiger partial charge is 0.290 e. The molecule has 0 bridgehead atoms. The van der Waals surface area contributed by atoms with Crippen LogP contribution in [0.2, 0.25) is 0 Å². The van der Waals surface area contributed by atoms with Crippen LogP contribution in [0.4, 0.5) is 5.82 Å². The van der Waals surface area contributed by atoms with E-state index in [4.69, 9.17) is 10.9 Å². The van der Waals surface area contributed by atoms with E-state index in [2.05, 4.69) is 15.1 Å². The molecule has 1 heterocycles. The number of amidine groups is 1. The summed E-state index contributed by atoms with van der Waals surface area (Å²) in [6, 6.07) is 0. The van der Waals surface area contributed by atoms with Crippen LogP contribution in [0.1, 0.15) is 6.92 Å². The lowest BCUT2D eigenvalue weighted by Crippen LogP contribution is -2.35. The lowest BCUT2D eigenvalue weighted by molar-refractivity contribution is 0.314. The topological polar surface area (TPSA) is 108 Å². The third kappa shape index (κ3) is 2.72. The van der Waals surface area contributed by atoms with Gasteiger partial charge in [0.1, 0.15) is 5.84 Å². The molecule has 0 fully saturated rings. The van der Waals surface area contributed by atoms with E-state index < -0.39 is 0 Å². The molecule has 0 amide bonds. The van der Waals surface area contributed by atoms with Gasteiger partial charge in [-0.1, -0.05) is 12.1 Å². The standard InChI is InChI=1S/C9H15N5O2/c1-6(7(10)13-16)5-14(2)8-9(15)12-4-3-11-8/h3-4,6,16H,5H2,1-2H3,(H2,10,13)(H,12,15). The number of H-pyrrole nitrogens is 1. The molecule has 0 aliphatic heterocycles. The van der Waals surface area contributed by atoms with E-state index in [9.17, 15) is 4.79 Å². The summed E-state index contributed by atoms with van der Waals surface area (Å²) in [5.41, 5.74) is 5.18. The Labute approximate surface area is 92.6 Å². The molecule has 1 rings (SSSR count). The summed E-state index contributed by atoms with van der Waals surface area (Å²) >= 11 is 0. The predicted octanol–water partition coefficient (Wildman–Crippen LogP) is -0.411. The number of hydrogen-bond acceptors (Lipinski definition) is 5. The molecular weight excluding hydrogens is 210 g/mol. The van der Waals surface area contributed by atoms with Crippen molar-refractivity contribution in [3.05, 3.63) is 22.7 Å². The van der Waals surface area contributed by atoms with Crippen LogP contribution in [0, 0.1) is 5.92 Å². The molecule has 1 unspecified atom stereocenters. The van der Waals surface area contributed by atoms with Crippen molar-refractivity contribution in [1.82, 2.24) is 9.97 Å². The summed E-state index contributed by atoms with van der Waals surface area (Å²) in [6.45, 7) is 2.23. The van der Waals surface area contributed by atoms with Crippen molar-refractivity contribution in [3.8, 4) is 0 Å². The molecular formula is C9H15N5O2. The van der Waals surface area contributed by atoms with Crippen molar-refractivity contribution in [2.24, 2.45) is 16.8 Å². The molecule has 1 aromatic heterocycles. The first-order valence-electron chi connectivity index (χ1n) is 4.78. The SMILES string of the molecule is CC(CN(C)c1ncc[nH]c1=O)/C(N)=N/O. The molecule has 7 heteroatoms. The Kier molecular flexibility index (Phi) is 3.87. The average Bonchev–Trinajstić information content (AvgIpc) is 2.28. The van der Waals surface area contributed by atoms with Crippen LogP contribution < -0.4 is 16.2 Å². The van der Waals surface area contributed by atoms with Gasteiger partial charge in [0.15, 0.2) is 5.82 Å². The van der Waals surface area contributed by atoms with Gasteiger partial charge in [-0.2, -0.15) is 0 Å². The summed E-state index contributed by atoms with van der Waals surface area (Å²) in [4.78, 5) is 19.5. The van der Waals surface area contributed by atoms with Gasteiger partial charge in [-0.3, -0.25) is 4.79 Å². The average molecular weight is 225 g/mol. The van der Waals surface area contributed by atoms with Crippen LogP contribution in [0.15, 0.2) is 22.3 Å². The van der Waals surface area contributed by atoms with E-state index in [-0.39, 0.29) is 17.3 Å². The maximum Gasteiger partial charge on any atom is 0.290 e. The Balaban J connectivity index is 2.77. The number of nitrogens with one attached hydrogen (secondary N) is 1. The summed E-state index contributed by atoms with van der Waals surface area (Å²) in [5, 5.41) is 11.4. The molecule has 1 atom stereocenters. The number of rotatable bonds is 4. The lowest BCUT2D eigenvalue weighted by atomic mass is 10.1. The van der Waals surface area contributed by atoms with Crippen LogP contribution in [-0.4, -0.2) is 34.6 Å². The lowest BCUT2D eigenvalue weighted by Gasteiger charge is -2.20. The van der Waals surface area contributed by atoms with Gasteiger partial charge in [-0.25, -0.2) is 4.98 Å². The number of anilines is 1. The molecule has 7 nitrogen and oxygen atoms in total. The Morgan fingerprint density at radius 2 is 2.50 bits per heavy atom. The van der Waals surface area contributed by atoms with Crippen LogP contribution in [0.5, 0.6) is 0 Å². The highest BCUT2D eigenvalue weighted by Gasteiger charge is 2.13. The fourth-order valence-corrected chi connectivity index (χ4v) is 1.31. The fraction of sp³-hybridized carbons (Fsp3) is 0.444. The van der Waals surface area contributed by atoms with Crippen molar-refractivity contribution in [2.75, 3.05) is 18.5 Å². The van der Waals surface area contributed by atoms with E-state index in [1.165, 1.54) is 12.4 Å². The minimum atomic E-state index is -0.267. The van der Waals surface area contributed by atoms with Crippen molar-refractivity contribution < 1.29 is 5.21 Å². The maximum absolute atomic E-state index is 11.4. The van der Waals surface area contributed by atoms with Crippen LogP contribution in [0.3, 0.4) is 0 Å². The monoisotopic (exact) mass is 225 g/mol. The van der Waals surface area contributed by atoms with Crippen molar-refractivity contribution in [3.63, 3.8) is 0 Å². The van der Waals surface area contributed by atoms with Gasteiger partial charge in [0.2, 0.25) is 0 Å². The zero-order valence-corrected chi connectivity index (χ0v) is 9.21. The Hall–Kier alpha value is -2.05. The van der Waals surface area contributed by atoms with Crippen molar-refractivity contribution in [2.45, 2.75) is 6.92 Å². The first-order chi connectivity index (χ1) is 7.56. The predicted molar refractivity (Wildman–Crippen MR) is 60.7 cm³/mol.